The van der Waals surface area contributed by atoms with E-state index in [-0.39, 0.29) is 11.9 Å². The molecule has 1 atom stereocenters. The molecule has 0 saturated carbocycles. The van der Waals surface area contributed by atoms with Crippen LogP contribution in [0.15, 0.2) is 55.0 Å². The van der Waals surface area contributed by atoms with Crippen molar-refractivity contribution in [1.82, 2.24) is 19.7 Å². The number of hydrogen-bond donors (Lipinski definition) is 1. The van der Waals surface area contributed by atoms with Crippen molar-refractivity contribution in [2.24, 2.45) is 0 Å². The van der Waals surface area contributed by atoms with Crippen LogP contribution in [0.25, 0.3) is 5.69 Å². The van der Waals surface area contributed by atoms with Gasteiger partial charge in [-0.3, -0.25) is 9.48 Å². The Hall–Kier alpha value is -2.82. The van der Waals surface area contributed by atoms with E-state index in [0.717, 1.165) is 23.5 Å². The van der Waals surface area contributed by atoms with Crippen LogP contribution >= 0.6 is 0 Å². The normalized spacial score (nSPS) is 12.1. The van der Waals surface area contributed by atoms with Gasteiger partial charge >= 0.3 is 0 Å². The number of benzene rings is 1. The highest BCUT2D eigenvalue weighted by Gasteiger charge is 2.16. The Morgan fingerprint density at radius 1 is 1.21 bits per heavy atom. The van der Waals surface area contributed by atoms with Crippen molar-refractivity contribution in [3.63, 3.8) is 0 Å². The highest BCUT2D eigenvalue weighted by molar-refractivity contribution is 5.95. The molecule has 2 heterocycles. The number of carbonyl (C=O) groups excluding carboxylic acids is 1. The number of carbonyl (C=O) groups is 1. The number of aryl methyl sites for hydroxylation is 1. The van der Waals surface area contributed by atoms with Gasteiger partial charge in [0, 0.05) is 30.3 Å². The number of nitrogens with one attached hydrogen (secondary N) is 1. The van der Waals surface area contributed by atoms with Crippen LogP contribution in [-0.2, 0) is 6.54 Å². The highest BCUT2D eigenvalue weighted by Crippen LogP contribution is 2.17. The Morgan fingerprint density at radius 2 is 1.88 bits per heavy atom. The van der Waals surface area contributed by atoms with E-state index in [2.05, 4.69) is 27.1 Å². The number of aromatic nitrogens is 3. The molecule has 5 heteroatoms. The smallest absolute Gasteiger partial charge is 0.255 e. The summed E-state index contributed by atoms with van der Waals surface area (Å²) in [6, 6.07) is 12.1. The summed E-state index contributed by atoms with van der Waals surface area (Å²) in [4.78, 5) is 12.5. The van der Waals surface area contributed by atoms with E-state index in [1.807, 2.05) is 62.1 Å². The van der Waals surface area contributed by atoms with Gasteiger partial charge in [0.1, 0.15) is 0 Å². The summed E-state index contributed by atoms with van der Waals surface area (Å²) >= 11 is 0. The lowest BCUT2D eigenvalue weighted by Crippen LogP contribution is -2.27. The molecule has 1 N–H and O–H groups in total. The SMILES string of the molecule is CCn1ncc(C(=O)NC(C)c2ccc(-n3cccc3)cc2)c1C. The van der Waals surface area contributed by atoms with Crippen LogP contribution < -0.4 is 5.32 Å². The molecule has 3 aromatic rings. The van der Waals surface area contributed by atoms with Gasteiger partial charge in [-0.05, 0) is 50.6 Å². The molecule has 0 spiro atoms. The topological polar surface area (TPSA) is 51.9 Å². The average Bonchev–Trinajstić information content (AvgIpc) is 3.24. The lowest BCUT2D eigenvalue weighted by atomic mass is 10.1. The molecule has 0 fully saturated rings. The van der Waals surface area contributed by atoms with Crippen molar-refractivity contribution in [3.05, 3.63) is 71.8 Å². The average molecular weight is 322 g/mol. The van der Waals surface area contributed by atoms with Crippen LogP contribution in [0.2, 0.25) is 0 Å². The fraction of sp³-hybridized carbons (Fsp3) is 0.263. The third-order valence-electron chi connectivity index (χ3n) is 4.29. The Kier molecular flexibility index (Phi) is 4.51. The minimum absolute atomic E-state index is 0.0689. The van der Waals surface area contributed by atoms with Crippen molar-refractivity contribution in [2.45, 2.75) is 33.4 Å². The molecule has 0 saturated heterocycles. The van der Waals surface area contributed by atoms with E-state index in [1.54, 1.807) is 6.20 Å². The van der Waals surface area contributed by atoms with Gasteiger partial charge in [0.25, 0.3) is 5.91 Å². The lowest BCUT2D eigenvalue weighted by molar-refractivity contribution is 0.0939. The van der Waals surface area contributed by atoms with Gasteiger partial charge in [-0.1, -0.05) is 12.1 Å². The monoisotopic (exact) mass is 322 g/mol. The summed E-state index contributed by atoms with van der Waals surface area (Å²) in [6.45, 7) is 6.68. The zero-order valence-electron chi connectivity index (χ0n) is 14.2. The molecule has 24 heavy (non-hydrogen) atoms. The van der Waals surface area contributed by atoms with Crippen molar-refractivity contribution >= 4 is 5.91 Å². The van der Waals surface area contributed by atoms with Crippen LogP contribution in [0.5, 0.6) is 0 Å². The molecular weight excluding hydrogens is 300 g/mol. The molecule has 0 aliphatic carbocycles. The summed E-state index contributed by atoms with van der Waals surface area (Å²) in [5.74, 6) is -0.0887. The minimum Gasteiger partial charge on any atom is -0.345 e. The first kappa shape index (κ1) is 16.1. The van der Waals surface area contributed by atoms with Gasteiger partial charge in [0.15, 0.2) is 0 Å². The summed E-state index contributed by atoms with van der Waals surface area (Å²) in [6.07, 6.45) is 5.65. The zero-order chi connectivity index (χ0) is 17.1. The second-order valence-corrected chi connectivity index (χ2v) is 5.84. The molecular formula is C19H22N4O. The first-order valence-corrected chi connectivity index (χ1v) is 8.16. The maximum atomic E-state index is 12.5. The fourth-order valence-electron chi connectivity index (χ4n) is 2.79. The first-order valence-electron chi connectivity index (χ1n) is 8.16. The molecule has 1 aromatic carbocycles. The largest absolute Gasteiger partial charge is 0.345 e. The maximum Gasteiger partial charge on any atom is 0.255 e. The van der Waals surface area contributed by atoms with Crippen LogP contribution in [-0.4, -0.2) is 20.3 Å². The van der Waals surface area contributed by atoms with Gasteiger partial charge in [-0.25, -0.2) is 0 Å². The lowest BCUT2D eigenvalue weighted by Gasteiger charge is -2.15. The molecule has 1 unspecified atom stereocenters. The van der Waals surface area contributed by atoms with Crippen LogP contribution in [0, 0.1) is 6.92 Å². The second-order valence-electron chi connectivity index (χ2n) is 5.84. The Bertz CT molecular complexity index is 816. The van der Waals surface area contributed by atoms with Crippen molar-refractivity contribution in [1.29, 1.82) is 0 Å². The second kappa shape index (κ2) is 6.74. The van der Waals surface area contributed by atoms with E-state index in [4.69, 9.17) is 0 Å². The van der Waals surface area contributed by atoms with Gasteiger partial charge in [0.2, 0.25) is 0 Å². The molecule has 124 valence electrons. The molecule has 0 radical (unpaired) electrons. The molecule has 3 rings (SSSR count). The highest BCUT2D eigenvalue weighted by atomic mass is 16.1. The van der Waals surface area contributed by atoms with E-state index >= 15 is 0 Å². The third-order valence-corrected chi connectivity index (χ3v) is 4.29. The quantitative estimate of drug-likeness (QED) is 0.782. The zero-order valence-corrected chi connectivity index (χ0v) is 14.2. The predicted octanol–water partition coefficient (Wildman–Crippen LogP) is 3.49. The summed E-state index contributed by atoms with van der Waals surface area (Å²) in [5.41, 5.74) is 3.69. The first-order chi connectivity index (χ1) is 11.6. The summed E-state index contributed by atoms with van der Waals surface area (Å²) in [5, 5.41) is 7.27. The van der Waals surface area contributed by atoms with Crippen LogP contribution in [0.4, 0.5) is 0 Å². The van der Waals surface area contributed by atoms with Crippen molar-refractivity contribution < 1.29 is 4.79 Å². The number of nitrogens with zero attached hydrogens (tertiary/aromatic N) is 3. The van der Waals surface area contributed by atoms with Gasteiger partial charge in [0.05, 0.1) is 17.8 Å². The Morgan fingerprint density at radius 3 is 2.46 bits per heavy atom. The Balaban J connectivity index is 1.71. The number of hydrogen-bond acceptors (Lipinski definition) is 2. The van der Waals surface area contributed by atoms with E-state index in [1.165, 1.54) is 0 Å². The molecule has 5 nitrogen and oxygen atoms in total. The molecule has 1 amide bonds. The number of rotatable bonds is 5. The predicted molar refractivity (Wildman–Crippen MR) is 94.3 cm³/mol. The third kappa shape index (κ3) is 3.11. The molecule has 0 aliphatic rings. The van der Waals surface area contributed by atoms with E-state index in [0.29, 0.717) is 5.56 Å². The van der Waals surface area contributed by atoms with Crippen molar-refractivity contribution in [3.8, 4) is 5.69 Å². The molecule has 0 aliphatic heterocycles. The van der Waals surface area contributed by atoms with Crippen molar-refractivity contribution in [2.75, 3.05) is 0 Å². The van der Waals surface area contributed by atoms with Gasteiger partial charge < -0.3 is 9.88 Å². The maximum absolute atomic E-state index is 12.5. The number of amides is 1. The van der Waals surface area contributed by atoms with Crippen LogP contribution in [0.1, 0.15) is 41.5 Å². The fourth-order valence-corrected chi connectivity index (χ4v) is 2.79. The summed E-state index contributed by atoms with van der Waals surface area (Å²) in [7, 11) is 0. The molecule has 2 aromatic heterocycles. The minimum atomic E-state index is -0.0887. The standard InChI is InChI=1S/C19H22N4O/c1-4-23-15(3)18(13-20-23)19(24)21-14(2)16-7-9-17(10-8-16)22-11-5-6-12-22/h5-14H,4H2,1-3H3,(H,21,24). The van der Waals surface area contributed by atoms with E-state index < -0.39 is 0 Å². The van der Waals surface area contributed by atoms with Gasteiger partial charge in [-0.2, -0.15) is 5.10 Å². The Labute approximate surface area is 141 Å². The summed E-state index contributed by atoms with van der Waals surface area (Å²) < 4.78 is 3.88. The van der Waals surface area contributed by atoms with Crippen LogP contribution in [0.3, 0.4) is 0 Å². The molecule has 0 bridgehead atoms. The van der Waals surface area contributed by atoms with Gasteiger partial charge in [-0.15, -0.1) is 0 Å². The van der Waals surface area contributed by atoms with E-state index in [9.17, 15) is 4.79 Å².